The van der Waals surface area contributed by atoms with Crippen LogP contribution < -0.4 is 10.6 Å². The second kappa shape index (κ2) is 7.94. The van der Waals surface area contributed by atoms with Crippen molar-refractivity contribution in [2.45, 2.75) is 13.8 Å². The van der Waals surface area contributed by atoms with Crippen molar-refractivity contribution < 1.29 is 18.4 Å². The predicted octanol–water partition coefficient (Wildman–Crippen LogP) is 4.13. The van der Waals surface area contributed by atoms with Gasteiger partial charge in [0.1, 0.15) is 17.3 Å². The highest BCUT2D eigenvalue weighted by molar-refractivity contribution is 6.09. The van der Waals surface area contributed by atoms with Gasteiger partial charge in [0.05, 0.1) is 29.2 Å². The first-order valence-corrected chi connectivity index (χ1v) is 9.30. The summed E-state index contributed by atoms with van der Waals surface area (Å²) in [4.78, 5) is 29.2. The molecule has 1 aromatic carbocycles. The Labute approximate surface area is 175 Å². The monoisotopic (exact) mass is 421 g/mol. The van der Waals surface area contributed by atoms with Crippen LogP contribution in [0.4, 0.5) is 20.2 Å². The van der Waals surface area contributed by atoms with E-state index in [0.717, 1.165) is 11.8 Å². The fourth-order valence-electron chi connectivity index (χ4n) is 3.02. The highest BCUT2D eigenvalue weighted by Crippen LogP contribution is 2.25. The highest BCUT2D eigenvalue weighted by atomic mass is 19.1. The van der Waals surface area contributed by atoms with Crippen LogP contribution in [0.2, 0.25) is 0 Å². The molecule has 0 atom stereocenters. The van der Waals surface area contributed by atoms with Crippen molar-refractivity contribution in [2.24, 2.45) is 0 Å². The normalized spacial score (nSPS) is 10.8. The van der Waals surface area contributed by atoms with Crippen molar-refractivity contribution >= 4 is 28.7 Å². The molecule has 3 aromatic heterocycles. The van der Waals surface area contributed by atoms with Gasteiger partial charge in [-0.25, -0.2) is 13.3 Å². The second-order valence-electron chi connectivity index (χ2n) is 7.01. The number of benzene rings is 1. The first kappa shape index (κ1) is 20.1. The highest BCUT2D eigenvalue weighted by Gasteiger charge is 2.17. The van der Waals surface area contributed by atoms with Crippen molar-refractivity contribution in [1.82, 2.24) is 14.6 Å². The van der Waals surface area contributed by atoms with Gasteiger partial charge in [-0.3, -0.25) is 14.6 Å². The minimum Gasteiger partial charge on any atom is -0.322 e. The van der Waals surface area contributed by atoms with Crippen LogP contribution in [0.25, 0.3) is 5.52 Å². The number of rotatable bonds is 4. The Morgan fingerprint density at radius 2 is 1.71 bits per heavy atom. The van der Waals surface area contributed by atoms with Crippen molar-refractivity contribution in [2.75, 3.05) is 10.6 Å². The minimum atomic E-state index is -0.651. The number of aromatic nitrogens is 3. The van der Waals surface area contributed by atoms with Crippen LogP contribution >= 0.6 is 0 Å². The van der Waals surface area contributed by atoms with Gasteiger partial charge in [0.2, 0.25) is 0 Å². The molecule has 4 aromatic rings. The molecule has 31 heavy (non-hydrogen) atoms. The van der Waals surface area contributed by atoms with Gasteiger partial charge < -0.3 is 10.6 Å². The molecule has 9 heteroatoms. The molecule has 0 radical (unpaired) electrons. The third kappa shape index (κ3) is 4.11. The van der Waals surface area contributed by atoms with Gasteiger partial charge in [-0.2, -0.15) is 5.10 Å². The van der Waals surface area contributed by atoms with Gasteiger partial charge in [0.25, 0.3) is 11.8 Å². The number of aryl methyl sites for hydroxylation is 2. The van der Waals surface area contributed by atoms with Crippen molar-refractivity contribution in [1.29, 1.82) is 0 Å². The Balaban J connectivity index is 1.59. The zero-order valence-electron chi connectivity index (χ0n) is 16.6. The van der Waals surface area contributed by atoms with Gasteiger partial charge >= 0.3 is 0 Å². The third-order valence-corrected chi connectivity index (χ3v) is 4.68. The van der Waals surface area contributed by atoms with E-state index in [9.17, 15) is 18.4 Å². The lowest BCUT2D eigenvalue weighted by Crippen LogP contribution is -2.16. The van der Waals surface area contributed by atoms with E-state index in [-0.39, 0.29) is 16.9 Å². The number of carbonyl (C=O) groups excluding carboxylic acids is 2. The summed E-state index contributed by atoms with van der Waals surface area (Å²) in [7, 11) is 0. The number of hydrogen-bond donors (Lipinski definition) is 2. The molecule has 2 amide bonds. The zero-order valence-corrected chi connectivity index (χ0v) is 16.6. The van der Waals surface area contributed by atoms with Crippen molar-refractivity contribution in [3.8, 4) is 0 Å². The van der Waals surface area contributed by atoms with E-state index in [1.165, 1.54) is 47.2 Å². The topological polar surface area (TPSA) is 88.4 Å². The first-order valence-electron chi connectivity index (χ1n) is 9.30. The summed E-state index contributed by atoms with van der Waals surface area (Å²) in [5, 5.41) is 9.13. The number of carbonyl (C=O) groups is 2. The summed E-state index contributed by atoms with van der Waals surface area (Å²) < 4.78 is 29.0. The molecule has 0 spiro atoms. The fraction of sp³-hybridized carbons (Fsp3) is 0.0909. The molecule has 3 heterocycles. The number of nitrogens with one attached hydrogen (secondary N) is 2. The maximum absolute atomic E-state index is 14.4. The number of halogens is 2. The lowest BCUT2D eigenvalue weighted by Gasteiger charge is -2.12. The number of amides is 2. The molecular formula is C22H17F2N5O2. The van der Waals surface area contributed by atoms with Gasteiger partial charge in [-0.05, 0) is 55.3 Å². The number of anilines is 2. The summed E-state index contributed by atoms with van der Waals surface area (Å²) in [6.45, 7) is 3.46. The van der Waals surface area contributed by atoms with E-state index in [1.807, 2.05) is 6.92 Å². The molecule has 2 N–H and O–H groups in total. The number of pyridine rings is 2. The van der Waals surface area contributed by atoms with Gasteiger partial charge in [-0.1, -0.05) is 6.07 Å². The SMILES string of the molecule is Cc1ccc(C(=O)Nc2cc(NC(=O)c3cnn4cc(F)ccc34)c(C)cc2F)nc1. The Kier molecular flexibility index (Phi) is 5.16. The lowest BCUT2D eigenvalue weighted by molar-refractivity contribution is 0.101. The van der Waals surface area contributed by atoms with E-state index in [2.05, 4.69) is 20.7 Å². The van der Waals surface area contributed by atoms with Gasteiger partial charge in [-0.15, -0.1) is 0 Å². The standard InChI is InChI=1S/C22H17F2N5O2/c1-12-3-5-17(25-9-12)22(31)28-19-8-18(13(2)7-16(19)24)27-21(30)15-10-26-29-11-14(23)4-6-20(15)29/h3-11H,1-2H3,(H,27,30)(H,28,31). The summed E-state index contributed by atoms with van der Waals surface area (Å²) in [5.41, 5.74) is 2.32. The van der Waals surface area contributed by atoms with Crippen LogP contribution in [-0.4, -0.2) is 26.4 Å². The third-order valence-electron chi connectivity index (χ3n) is 4.68. The van der Waals surface area contributed by atoms with E-state index < -0.39 is 23.4 Å². The molecule has 0 fully saturated rings. The van der Waals surface area contributed by atoms with Crippen LogP contribution in [0.15, 0.2) is 55.0 Å². The second-order valence-corrected chi connectivity index (χ2v) is 7.01. The van der Waals surface area contributed by atoms with E-state index >= 15 is 0 Å². The minimum absolute atomic E-state index is 0.102. The smallest absolute Gasteiger partial charge is 0.274 e. The maximum Gasteiger partial charge on any atom is 0.274 e. The Hall–Kier alpha value is -4.14. The molecule has 156 valence electrons. The summed E-state index contributed by atoms with van der Waals surface area (Å²) in [6, 6.07) is 8.46. The Morgan fingerprint density at radius 3 is 2.45 bits per heavy atom. The van der Waals surface area contributed by atoms with Crippen LogP contribution in [0, 0.1) is 25.5 Å². The predicted molar refractivity (Wildman–Crippen MR) is 111 cm³/mol. The molecule has 0 saturated carbocycles. The Bertz CT molecular complexity index is 1320. The maximum atomic E-state index is 14.4. The quantitative estimate of drug-likeness (QED) is 0.519. The number of fused-ring (bicyclic) bond motifs is 1. The fourth-order valence-corrected chi connectivity index (χ4v) is 3.02. The molecule has 0 aliphatic carbocycles. The number of hydrogen-bond acceptors (Lipinski definition) is 4. The van der Waals surface area contributed by atoms with E-state index in [1.54, 1.807) is 13.0 Å². The Morgan fingerprint density at radius 1 is 0.935 bits per heavy atom. The van der Waals surface area contributed by atoms with Crippen LogP contribution in [0.1, 0.15) is 32.0 Å². The first-order chi connectivity index (χ1) is 14.8. The number of nitrogens with zero attached hydrogens (tertiary/aromatic N) is 3. The summed E-state index contributed by atoms with van der Waals surface area (Å²) in [6.07, 6.45) is 4.00. The summed E-state index contributed by atoms with van der Waals surface area (Å²) >= 11 is 0. The van der Waals surface area contributed by atoms with Crippen LogP contribution in [-0.2, 0) is 0 Å². The molecule has 0 bridgehead atoms. The van der Waals surface area contributed by atoms with Gasteiger partial charge in [0, 0.05) is 11.9 Å². The summed E-state index contributed by atoms with van der Waals surface area (Å²) in [5.74, 6) is -2.22. The molecule has 0 aliphatic heterocycles. The van der Waals surface area contributed by atoms with E-state index in [4.69, 9.17) is 0 Å². The van der Waals surface area contributed by atoms with E-state index in [0.29, 0.717) is 16.8 Å². The van der Waals surface area contributed by atoms with Crippen molar-refractivity contribution in [3.05, 3.63) is 89.0 Å². The van der Waals surface area contributed by atoms with Crippen LogP contribution in [0.5, 0.6) is 0 Å². The van der Waals surface area contributed by atoms with Gasteiger partial charge in [0.15, 0.2) is 0 Å². The largest absolute Gasteiger partial charge is 0.322 e. The van der Waals surface area contributed by atoms with Crippen molar-refractivity contribution in [3.63, 3.8) is 0 Å². The average molecular weight is 421 g/mol. The molecular weight excluding hydrogens is 404 g/mol. The van der Waals surface area contributed by atoms with Crippen LogP contribution in [0.3, 0.4) is 0 Å². The molecule has 0 saturated heterocycles. The molecule has 0 unspecified atom stereocenters. The molecule has 0 aliphatic rings. The molecule has 4 rings (SSSR count). The lowest BCUT2D eigenvalue weighted by atomic mass is 10.1. The zero-order chi connectivity index (χ0) is 22.1. The molecule has 7 nitrogen and oxygen atoms in total. The average Bonchev–Trinajstić information content (AvgIpc) is 3.15.